The Morgan fingerprint density at radius 2 is 1.63 bits per heavy atom. The molecule has 0 spiro atoms. The number of nitrogens with one attached hydrogen (secondary N) is 3. The van der Waals surface area contributed by atoms with Crippen LogP contribution in [0, 0.1) is 0 Å². The van der Waals surface area contributed by atoms with E-state index in [1.165, 1.54) is 0 Å². The van der Waals surface area contributed by atoms with Gasteiger partial charge in [0.1, 0.15) is 0 Å². The number of carbonyl (C=O) groups excluding carboxylic acids is 1. The van der Waals surface area contributed by atoms with Crippen molar-refractivity contribution in [1.29, 1.82) is 0 Å². The van der Waals surface area contributed by atoms with Gasteiger partial charge in [0.25, 0.3) is 0 Å². The van der Waals surface area contributed by atoms with Gasteiger partial charge < -0.3 is 30.2 Å². The van der Waals surface area contributed by atoms with E-state index in [2.05, 4.69) is 20.9 Å². The fraction of sp³-hybridized carbons (Fsp3) is 0.579. The fourth-order valence-electron chi connectivity index (χ4n) is 2.37. The summed E-state index contributed by atoms with van der Waals surface area (Å²) in [6, 6.07) is 3.70. The molecule has 27 heavy (non-hydrogen) atoms. The summed E-state index contributed by atoms with van der Waals surface area (Å²) in [7, 11) is 4.71. The van der Waals surface area contributed by atoms with Crippen LogP contribution in [0.3, 0.4) is 0 Å². The minimum Gasteiger partial charge on any atom is -0.493 e. The highest BCUT2D eigenvalue weighted by Gasteiger charge is 2.15. The number of amides is 1. The van der Waals surface area contributed by atoms with Crippen LogP contribution in [0.25, 0.3) is 0 Å². The second-order valence-electron chi connectivity index (χ2n) is 6.88. The van der Waals surface area contributed by atoms with Crippen molar-refractivity contribution in [2.24, 2.45) is 4.99 Å². The van der Waals surface area contributed by atoms with Gasteiger partial charge >= 0.3 is 0 Å². The highest BCUT2D eigenvalue weighted by atomic mass is 16.5. The predicted molar refractivity (Wildman–Crippen MR) is 107 cm³/mol. The molecule has 3 N–H and O–H groups in total. The zero-order chi connectivity index (χ0) is 20.4. The van der Waals surface area contributed by atoms with E-state index in [-0.39, 0.29) is 18.0 Å². The topological polar surface area (TPSA) is 93.2 Å². The summed E-state index contributed by atoms with van der Waals surface area (Å²) in [5.41, 5.74) is 0.616. The van der Waals surface area contributed by atoms with Crippen molar-refractivity contribution >= 4 is 11.9 Å². The second kappa shape index (κ2) is 10.5. The highest BCUT2D eigenvalue weighted by molar-refractivity contribution is 5.86. The van der Waals surface area contributed by atoms with Gasteiger partial charge in [0.05, 0.1) is 34.4 Å². The largest absolute Gasteiger partial charge is 0.493 e. The zero-order valence-electron chi connectivity index (χ0n) is 17.4. The Morgan fingerprint density at radius 1 is 1.04 bits per heavy atom. The van der Waals surface area contributed by atoms with E-state index in [9.17, 15) is 4.79 Å². The first-order valence-corrected chi connectivity index (χ1v) is 8.86. The molecule has 0 aromatic heterocycles. The standard InChI is InChI=1S/C19H32N4O4/c1-8-20-18(22-12-16(24)23-19(2,3)4)21-11-13-9-14(25-5)17(27-7)15(10-13)26-6/h9-10H,8,11-12H2,1-7H3,(H,23,24)(H2,20,21,22). The number of hydrogen-bond donors (Lipinski definition) is 3. The lowest BCUT2D eigenvalue weighted by Crippen LogP contribution is -2.48. The van der Waals surface area contributed by atoms with Crippen LogP contribution in [0.5, 0.6) is 17.2 Å². The molecular formula is C19H32N4O4. The average molecular weight is 380 g/mol. The van der Waals surface area contributed by atoms with Crippen LogP contribution < -0.4 is 30.2 Å². The highest BCUT2D eigenvalue weighted by Crippen LogP contribution is 2.38. The number of hydrogen-bond acceptors (Lipinski definition) is 5. The predicted octanol–water partition coefficient (Wildman–Crippen LogP) is 1.68. The molecule has 0 radical (unpaired) electrons. The molecule has 0 heterocycles. The quantitative estimate of drug-likeness (QED) is 0.469. The van der Waals surface area contributed by atoms with Crippen molar-refractivity contribution in [2.45, 2.75) is 39.8 Å². The van der Waals surface area contributed by atoms with Crippen LogP contribution >= 0.6 is 0 Å². The van der Waals surface area contributed by atoms with Gasteiger partial charge in [0, 0.05) is 12.1 Å². The molecule has 152 valence electrons. The lowest BCUT2D eigenvalue weighted by Gasteiger charge is -2.21. The summed E-state index contributed by atoms with van der Waals surface area (Å²) in [4.78, 5) is 16.5. The molecule has 1 aromatic rings. The van der Waals surface area contributed by atoms with Gasteiger partial charge in [-0.25, -0.2) is 4.99 Å². The Hall–Kier alpha value is -2.64. The van der Waals surface area contributed by atoms with Gasteiger partial charge in [-0.05, 0) is 45.4 Å². The van der Waals surface area contributed by atoms with Gasteiger partial charge in [0.2, 0.25) is 11.7 Å². The average Bonchev–Trinajstić information content (AvgIpc) is 2.61. The first kappa shape index (κ1) is 22.4. The number of carbonyl (C=O) groups is 1. The van der Waals surface area contributed by atoms with E-state index in [0.717, 1.165) is 5.56 Å². The van der Waals surface area contributed by atoms with Crippen molar-refractivity contribution in [3.63, 3.8) is 0 Å². The van der Waals surface area contributed by atoms with Crippen molar-refractivity contribution in [1.82, 2.24) is 16.0 Å². The van der Waals surface area contributed by atoms with E-state index < -0.39 is 0 Å². The Morgan fingerprint density at radius 3 is 2.07 bits per heavy atom. The SMILES string of the molecule is CCNC(=NCc1cc(OC)c(OC)c(OC)c1)NCC(=O)NC(C)(C)C. The maximum atomic E-state index is 12.0. The molecule has 8 heteroatoms. The molecule has 0 saturated carbocycles. The molecule has 8 nitrogen and oxygen atoms in total. The number of rotatable bonds is 8. The number of aliphatic imine (C=N–C) groups is 1. The minimum absolute atomic E-state index is 0.0964. The van der Waals surface area contributed by atoms with Crippen LogP contribution in [0.2, 0.25) is 0 Å². The third kappa shape index (κ3) is 7.64. The molecule has 0 unspecified atom stereocenters. The Kier molecular flexibility index (Phi) is 8.71. The summed E-state index contributed by atoms with van der Waals surface area (Å²) < 4.78 is 16.0. The third-order valence-electron chi connectivity index (χ3n) is 3.42. The van der Waals surface area contributed by atoms with E-state index in [1.54, 1.807) is 21.3 Å². The Bertz CT molecular complexity index is 629. The van der Waals surface area contributed by atoms with Crippen LogP contribution in [-0.2, 0) is 11.3 Å². The monoisotopic (exact) mass is 380 g/mol. The molecular weight excluding hydrogens is 348 g/mol. The molecule has 1 amide bonds. The number of ether oxygens (including phenoxy) is 3. The molecule has 0 atom stereocenters. The van der Waals surface area contributed by atoms with Crippen LogP contribution in [-0.4, -0.2) is 51.8 Å². The zero-order valence-corrected chi connectivity index (χ0v) is 17.4. The molecule has 0 fully saturated rings. The number of nitrogens with zero attached hydrogens (tertiary/aromatic N) is 1. The van der Waals surface area contributed by atoms with E-state index in [4.69, 9.17) is 14.2 Å². The summed E-state index contributed by atoms with van der Waals surface area (Å²) in [5.74, 6) is 2.14. The smallest absolute Gasteiger partial charge is 0.239 e. The second-order valence-corrected chi connectivity index (χ2v) is 6.88. The summed E-state index contributed by atoms with van der Waals surface area (Å²) >= 11 is 0. The fourth-order valence-corrected chi connectivity index (χ4v) is 2.37. The summed E-state index contributed by atoms with van der Waals surface area (Å²) in [5, 5.41) is 9.06. The molecule has 0 aliphatic rings. The van der Waals surface area contributed by atoms with Crippen molar-refractivity contribution < 1.29 is 19.0 Å². The Labute approximate surface area is 161 Å². The summed E-state index contributed by atoms with van der Waals surface area (Å²) in [6.45, 7) is 8.98. The number of benzene rings is 1. The molecule has 1 rings (SSSR count). The molecule has 1 aromatic carbocycles. The van der Waals surface area contributed by atoms with Crippen LogP contribution in [0.4, 0.5) is 0 Å². The van der Waals surface area contributed by atoms with Crippen LogP contribution in [0.15, 0.2) is 17.1 Å². The van der Waals surface area contributed by atoms with Crippen molar-refractivity contribution in [3.05, 3.63) is 17.7 Å². The van der Waals surface area contributed by atoms with E-state index >= 15 is 0 Å². The third-order valence-corrected chi connectivity index (χ3v) is 3.42. The van der Waals surface area contributed by atoms with E-state index in [0.29, 0.717) is 36.3 Å². The van der Waals surface area contributed by atoms with Gasteiger partial charge in [0.15, 0.2) is 17.5 Å². The lowest BCUT2D eigenvalue weighted by molar-refractivity contribution is -0.121. The first-order chi connectivity index (χ1) is 12.7. The number of methoxy groups -OCH3 is 3. The maximum Gasteiger partial charge on any atom is 0.239 e. The maximum absolute atomic E-state index is 12.0. The normalized spacial score (nSPS) is 11.6. The van der Waals surface area contributed by atoms with Crippen molar-refractivity contribution in [3.8, 4) is 17.2 Å². The van der Waals surface area contributed by atoms with Gasteiger partial charge in [-0.15, -0.1) is 0 Å². The number of guanidine groups is 1. The van der Waals surface area contributed by atoms with E-state index in [1.807, 2.05) is 39.8 Å². The van der Waals surface area contributed by atoms with Gasteiger partial charge in [-0.2, -0.15) is 0 Å². The Balaban J connectivity index is 2.87. The molecule has 0 bridgehead atoms. The molecule has 0 aliphatic heterocycles. The van der Waals surface area contributed by atoms with Crippen LogP contribution in [0.1, 0.15) is 33.3 Å². The van der Waals surface area contributed by atoms with Crippen molar-refractivity contribution in [2.75, 3.05) is 34.4 Å². The molecule has 0 saturated heterocycles. The van der Waals surface area contributed by atoms with Gasteiger partial charge in [-0.1, -0.05) is 0 Å². The summed E-state index contributed by atoms with van der Waals surface area (Å²) in [6.07, 6.45) is 0. The molecule has 0 aliphatic carbocycles. The first-order valence-electron chi connectivity index (χ1n) is 8.86. The lowest BCUT2D eigenvalue weighted by atomic mass is 10.1. The minimum atomic E-state index is -0.273. The van der Waals surface area contributed by atoms with Gasteiger partial charge in [-0.3, -0.25) is 4.79 Å².